The lowest BCUT2D eigenvalue weighted by molar-refractivity contribution is 0.0517. The van der Waals surface area contributed by atoms with Crippen LogP contribution in [0.15, 0.2) is 30.5 Å². The first-order valence-electron chi connectivity index (χ1n) is 8.56. The van der Waals surface area contributed by atoms with Crippen molar-refractivity contribution in [1.82, 2.24) is 9.38 Å². The van der Waals surface area contributed by atoms with Crippen molar-refractivity contribution in [1.29, 1.82) is 0 Å². The molecule has 2 heterocycles. The van der Waals surface area contributed by atoms with E-state index in [-0.39, 0.29) is 13.2 Å². The van der Waals surface area contributed by atoms with Gasteiger partial charge < -0.3 is 14.2 Å². The van der Waals surface area contributed by atoms with Gasteiger partial charge in [0.05, 0.1) is 25.0 Å². The summed E-state index contributed by atoms with van der Waals surface area (Å²) in [5.41, 5.74) is 2.53. The zero-order valence-corrected chi connectivity index (χ0v) is 15.7. The normalized spacial score (nSPS) is 10.9. The third-order valence-electron chi connectivity index (χ3n) is 4.13. The van der Waals surface area contributed by atoms with Crippen LogP contribution in [0.3, 0.4) is 0 Å². The Labute approximate surface area is 156 Å². The van der Waals surface area contributed by atoms with Crippen molar-refractivity contribution >= 4 is 11.6 Å². The first-order valence-corrected chi connectivity index (χ1v) is 8.56. The van der Waals surface area contributed by atoms with Crippen LogP contribution in [0.2, 0.25) is 0 Å². The third-order valence-corrected chi connectivity index (χ3v) is 4.13. The molecule has 0 radical (unpaired) electrons. The second-order valence-electron chi connectivity index (χ2n) is 6.05. The molecule has 2 aromatic heterocycles. The number of esters is 1. The maximum absolute atomic E-state index is 14.1. The third kappa shape index (κ3) is 3.58. The van der Waals surface area contributed by atoms with E-state index in [1.54, 1.807) is 42.6 Å². The van der Waals surface area contributed by atoms with Crippen LogP contribution in [-0.4, -0.2) is 29.1 Å². The number of ether oxygens (including phenoxy) is 3. The molecular formula is C20H21FN2O4. The van der Waals surface area contributed by atoms with Crippen molar-refractivity contribution in [2.45, 2.75) is 27.4 Å². The second kappa shape index (κ2) is 7.65. The Balaban J connectivity index is 2.01. The number of pyridine rings is 1. The van der Waals surface area contributed by atoms with Crippen molar-refractivity contribution in [3.05, 3.63) is 58.8 Å². The highest BCUT2D eigenvalue weighted by Crippen LogP contribution is 2.28. The zero-order valence-electron chi connectivity index (χ0n) is 15.7. The number of carbonyl (C=O) groups is 1. The fraction of sp³-hybridized carbons (Fsp3) is 0.300. The molecule has 0 aliphatic rings. The summed E-state index contributed by atoms with van der Waals surface area (Å²) in [5.74, 6) is -0.0102. The molecule has 7 heteroatoms. The number of halogens is 1. The van der Waals surface area contributed by atoms with E-state index < -0.39 is 11.8 Å². The van der Waals surface area contributed by atoms with Crippen LogP contribution in [0.5, 0.6) is 11.5 Å². The number of rotatable bonds is 6. The summed E-state index contributed by atoms with van der Waals surface area (Å²) in [4.78, 5) is 16.7. The molecule has 3 aromatic rings. The van der Waals surface area contributed by atoms with Crippen LogP contribution in [0.25, 0.3) is 5.65 Å². The Morgan fingerprint density at radius 2 is 2.04 bits per heavy atom. The summed E-state index contributed by atoms with van der Waals surface area (Å²) < 4.78 is 32.0. The standard InChI is InChI=1S/C20H21FN2O4/c1-5-26-20(24)18-13(3)22-19-17(9-12(2)10-23(18)19)27-11-14-15(21)7-6-8-16(14)25-4/h6-10H,5,11H2,1-4H3. The Morgan fingerprint density at radius 3 is 2.74 bits per heavy atom. The molecule has 0 spiro atoms. The van der Waals surface area contributed by atoms with E-state index in [2.05, 4.69) is 4.98 Å². The van der Waals surface area contributed by atoms with Gasteiger partial charge in [0.25, 0.3) is 0 Å². The number of aromatic nitrogens is 2. The van der Waals surface area contributed by atoms with E-state index in [0.29, 0.717) is 34.1 Å². The van der Waals surface area contributed by atoms with Gasteiger partial charge >= 0.3 is 5.97 Å². The number of hydrogen-bond donors (Lipinski definition) is 0. The maximum atomic E-state index is 14.1. The number of hydrogen-bond acceptors (Lipinski definition) is 5. The Hall–Kier alpha value is -3.09. The van der Waals surface area contributed by atoms with Crippen molar-refractivity contribution in [3.8, 4) is 11.5 Å². The van der Waals surface area contributed by atoms with E-state index in [1.807, 2.05) is 6.92 Å². The molecule has 6 nitrogen and oxygen atoms in total. The quantitative estimate of drug-likeness (QED) is 0.615. The summed E-state index contributed by atoms with van der Waals surface area (Å²) >= 11 is 0. The molecule has 0 bridgehead atoms. The molecule has 3 rings (SSSR count). The monoisotopic (exact) mass is 372 g/mol. The molecule has 0 saturated heterocycles. The van der Waals surface area contributed by atoms with Crippen molar-refractivity contribution in [3.63, 3.8) is 0 Å². The Morgan fingerprint density at radius 1 is 1.26 bits per heavy atom. The van der Waals surface area contributed by atoms with E-state index in [1.165, 1.54) is 13.2 Å². The van der Waals surface area contributed by atoms with Crippen LogP contribution in [0, 0.1) is 19.7 Å². The van der Waals surface area contributed by atoms with Gasteiger partial charge in [0.2, 0.25) is 0 Å². The predicted octanol–water partition coefficient (Wildman–Crippen LogP) is 3.85. The molecule has 0 aliphatic heterocycles. The van der Waals surface area contributed by atoms with Crippen LogP contribution in [0.4, 0.5) is 4.39 Å². The number of imidazole rings is 1. The minimum absolute atomic E-state index is 0.0321. The molecular weight excluding hydrogens is 351 g/mol. The van der Waals surface area contributed by atoms with Crippen molar-refractivity contribution in [2.75, 3.05) is 13.7 Å². The van der Waals surface area contributed by atoms with Gasteiger partial charge in [0.15, 0.2) is 17.1 Å². The molecule has 0 amide bonds. The largest absolute Gasteiger partial charge is 0.496 e. The molecule has 0 fully saturated rings. The maximum Gasteiger partial charge on any atom is 0.357 e. The smallest absolute Gasteiger partial charge is 0.357 e. The lowest BCUT2D eigenvalue weighted by atomic mass is 10.2. The Kier molecular flexibility index (Phi) is 5.30. The zero-order chi connectivity index (χ0) is 19.6. The van der Waals surface area contributed by atoms with Crippen LogP contribution in [-0.2, 0) is 11.3 Å². The van der Waals surface area contributed by atoms with Gasteiger partial charge in [-0.1, -0.05) is 6.07 Å². The molecule has 0 N–H and O–H groups in total. The topological polar surface area (TPSA) is 62.1 Å². The highest BCUT2D eigenvalue weighted by Gasteiger charge is 2.21. The number of carbonyl (C=O) groups excluding carboxylic acids is 1. The molecule has 1 aromatic carbocycles. The van der Waals surface area contributed by atoms with Crippen LogP contribution < -0.4 is 9.47 Å². The van der Waals surface area contributed by atoms with Gasteiger partial charge in [-0.2, -0.15) is 0 Å². The van der Waals surface area contributed by atoms with E-state index in [0.717, 1.165) is 5.56 Å². The highest BCUT2D eigenvalue weighted by atomic mass is 19.1. The number of fused-ring (bicyclic) bond motifs is 1. The van der Waals surface area contributed by atoms with Crippen LogP contribution >= 0.6 is 0 Å². The van der Waals surface area contributed by atoms with Gasteiger partial charge in [-0.25, -0.2) is 14.2 Å². The molecule has 27 heavy (non-hydrogen) atoms. The van der Waals surface area contributed by atoms with Crippen LogP contribution in [0.1, 0.15) is 34.2 Å². The summed E-state index contributed by atoms with van der Waals surface area (Å²) in [6, 6.07) is 6.40. The van der Waals surface area contributed by atoms with Gasteiger partial charge in [-0.3, -0.25) is 4.40 Å². The highest BCUT2D eigenvalue weighted by molar-refractivity contribution is 5.90. The molecule has 0 unspecified atom stereocenters. The fourth-order valence-corrected chi connectivity index (χ4v) is 2.93. The molecule has 0 atom stereocenters. The van der Waals surface area contributed by atoms with Gasteiger partial charge in [-0.15, -0.1) is 0 Å². The molecule has 0 aliphatic carbocycles. The summed E-state index contributed by atoms with van der Waals surface area (Å²) in [6.45, 7) is 5.60. The van der Waals surface area contributed by atoms with Crippen molar-refractivity contribution < 1.29 is 23.4 Å². The SMILES string of the molecule is CCOC(=O)c1c(C)nc2c(OCc3c(F)cccc3OC)cc(C)cn12. The first-order chi connectivity index (χ1) is 13.0. The van der Waals surface area contributed by atoms with Crippen molar-refractivity contribution in [2.24, 2.45) is 0 Å². The van der Waals surface area contributed by atoms with E-state index >= 15 is 0 Å². The van der Waals surface area contributed by atoms with Gasteiger partial charge in [0.1, 0.15) is 18.2 Å². The van der Waals surface area contributed by atoms with E-state index in [9.17, 15) is 9.18 Å². The van der Waals surface area contributed by atoms with Gasteiger partial charge in [0, 0.05) is 6.20 Å². The lowest BCUT2D eigenvalue weighted by Gasteiger charge is -2.12. The number of methoxy groups -OCH3 is 1. The Bertz CT molecular complexity index is 997. The molecule has 0 saturated carbocycles. The second-order valence-corrected chi connectivity index (χ2v) is 6.05. The van der Waals surface area contributed by atoms with E-state index in [4.69, 9.17) is 14.2 Å². The number of benzene rings is 1. The lowest BCUT2D eigenvalue weighted by Crippen LogP contribution is -2.10. The average molecular weight is 372 g/mol. The fourth-order valence-electron chi connectivity index (χ4n) is 2.93. The summed E-state index contributed by atoms with van der Waals surface area (Å²) in [6.07, 6.45) is 1.79. The number of aryl methyl sites for hydroxylation is 2. The number of nitrogens with zero attached hydrogens (tertiary/aromatic N) is 2. The predicted molar refractivity (Wildman–Crippen MR) is 97.9 cm³/mol. The minimum atomic E-state index is -0.449. The molecule has 142 valence electrons. The minimum Gasteiger partial charge on any atom is -0.496 e. The summed E-state index contributed by atoms with van der Waals surface area (Å²) in [7, 11) is 1.48. The summed E-state index contributed by atoms with van der Waals surface area (Å²) in [5, 5.41) is 0. The average Bonchev–Trinajstić information content (AvgIpc) is 2.96. The van der Waals surface area contributed by atoms with Gasteiger partial charge in [-0.05, 0) is 44.5 Å². The first kappa shape index (κ1) is 18.7.